The Morgan fingerprint density at radius 2 is 0.494 bits per heavy atom. The Hall–Kier alpha value is -2.63. The van der Waals surface area contributed by atoms with Gasteiger partial charge in [-0.3, -0.25) is 14.4 Å². The topological polar surface area (TPSA) is 78.9 Å². The van der Waals surface area contributed by atoms with Gasteiger partial charge in [0.2, 0.25) is 0 Å². The van der Waals surface area contributed by atoms with Gasteiger partial charge in [0.25, 0.3) is 0 Å². The van der Waals surface area contributed by atoms with Crippen LogP contribution in [0.4, 0.5) is 0 Å². The Morgan fingerprint density at radius 1 is 0.266 bits per heavy atom. The summed E-state index contributed by atoms with van der Waals surface area (Å²) in [6.07, 6.45) is 85.9. The maximum absolute atomic E-state index is 12.9. The molecule has 0 heterocycles. The Balaban J connectivity index is 4.15. The molecule has 1 unspecified atom stereocenters. The average Bonchev–Trinajstić information content (AvgIpc) is 3.45. The predicted octanol–water partition coefficient (Wildman–Crippen LogP) is 24.1. The van der Waals surface area contributed by atoms with E-state index in [1.165, 1.54) is 238 Å². The van der Waals surface area contributed by atoms with E-state index >= 15 is 0 Å². The van der Waals surface area contributed by atoms with E-state index in [0.29, 0.717) is 19.3 Å². The Morgan fingerprint density at radius 3 is 0.785 bits per heavy atom. The van der Waals surface area contributed by atoms with Crippen LogP contribution < -0.4 is 0 Å². The first-order valence-corrected chi connectivity index (χ1v) is 35.1. The SMILES string of the molecule is CC/C=C\C/C=C\C/C=C\CCCCCCCC(=O)OC(COC(=O)CCCCCCC/C=C\CCCCCCCC)COC(=O)CCCCCCCCCCCCCCCCCCCCCCCCCCCCCCCCC. The Bertz CT molecular complexity index is 1360. The number of carbonyl (C=O) groups excluding carboxylic acids is 3. The van der Waals surface area contributed by atoms with E-state index in [4.69, 9.17) is 14.2 Å². The maximum Gasteiger partial charge on any atom is 0.306 e. The van der Waals surface area contributed by atoms with Gasteiger partial charge >= 0.3 is 17.9 Å². The van der Waals surface area contributed by atoms with Gasteiger partial charge in [-0.2, -0.15) is 0 Å². The van der Waals surface area contributed by atoms with Gasteiger partial charge in [-0.15, -0.1) is 0 Å². The molecular weight excluding hydrogens is 973 g/mol. The Labute approximate surface area is 492 Å². The van der Waals surface area contributed by atoms with Gasteiger partial charge in [-0.05, 0) is 77.0 Å². The molecule has 0 fully saturated rings. The van der Waals surface area contributed by atoms with Crippen LogP contribution in [0.5, 0.6) is 0 Å². The monoisotopic (exact) mass is 1110 g/mol. The third-order valence-corrected chi connectivity index (χ3v) is 15.8. The lowest BCUT2D eigenvalue weighted by molar-refractivity contribution is -0.167. The van der Waals surface area contributed by atoms with Crippen LogP contribution in [0.3, 0.4) is 0 Å². The van der Waals surface area contributed by atoms with Crippen molar-refractivity contribution in [2.24, 2.45) is 0 Å². The van der Waals surface area contributed by atoms with Crippen molar-refractivity contribution >= 4 is 17.9 Å². The fourth-order valence-corrected chi connectivity index (χ4v) is 10.6. The summed E-state index contributed by atoms with van der Waals surface area (Å²) in [5, 5.41) is 0. The molecule has 0 saturated heterocycles. The first kappa shape index (κ1) is 76.4. The molecule has 0 aliphatic carbocycles. The molecular formula is C73H134O6. The lowest BCUT2D eigenvalue weighted by Crippen LogP contribution is -2.30. The zero-order chi connectivity index (χ0) is 57.1. The molecule has 0 aliphatic rings. The molecule has 0 radical (unpaired) electrons. The second-order valence-corrected chi connectivity index (χ2v) is 23.8. The molecule has 6 nitrogen and oxygen atoms in total. The van der Waals surface area contributed by atoms with Crippen molar-refractivity contribution in [1.29, 1.82) is 0 Å². The van der Waals surface area contributed by atoms with Crippen LogP contribution in [-0.4, -0.2) is 37.2 Å². The minimum atomic E-state index is -0.785. The van der Waals surface area contributed by atoms with Gasteiger partial charge in [-0.25, -0.2) is 0 Å². The number of hydrogen-bond acceptors (Lipinski definition) is 6. The summed E-state index contributed by atoms with van der Waals surface area (Å²) < 4.78 is 16.9. The highest BCUT2D eigenvalue weighted by atomic mass is 16.6. The minimum absolute atomic E-state index is 0.0793. The van der Waals surface area contributed by atoms with Crippen LogP contribution in [0.25, 0.3) is 0 Å². The van der Waals surface area contributed by atoms with Crippen LogP contribution in [0.1, 0.15) is 380 Å². The molecule has 0 spiro atoms. The predicted molar refractivity (Wildman–Crippen MR) is 344 cm³/mol. The molecule has 462 valence electrons. The second-order valence-electron chi connectivity index (χ2n) is 23.8. The highest BCUT2D eigenvalue weighted by Gasteiger charge is 2.19. The molecule has 0 N–H and O–H groups in total. The number of unbranched alkanes of at least 4 members (excludes halogenated alkanes) is 46. The molecule has 0 bridgehead atoms. The van der Waals surface area contributed by atoms with Crippen molar-refractivity contribution in [3.05, 3.63) is 48.6 Å². The van der Waals surface area contributed by atoms with E-state index < -0.39 is 6.10 Å². The van der Waals surface area contributed by atoms with Gasteiger partial charge in [0.05, 0.1) is 0 Å². The third kappa shape index (κ3) is 66.1. The lowest BCUT2D eigenvalue weighted by atomic mass is 10.0. The van der Waals surface area contributed by atoms with Gasteiger partial charge in [0, 0.05) is 19.3 Å². The smallest absolute Gasteiger partial charge is 0.306 e. The van der Waals surface area contributed by atoms with E-state index in [1.54, 1.807) is 0 Å². The lowest BCUT2D eigenvalue weighted by Gasteiger charge is -2.18. The number of carbonyl (C=O) groups is 3. The van der Waals surface area contributed by atoms with Crippen LogP contribution in [-0.2, 0) is 28.6 Å². The molecule has 6 heteroatoms. The van der Waals surface area contributed by atoms with Crippen molar-refractivity contribution in [3.63, 3.8) is 0 Å². The molecule has 0 aliphatic heterocycles. The molecule has 0 amide bonds. The maximum atomic E-state index is 12.9. The van der Waals surface area contributed by atoms with Crippen molar-refractivity contribution in [2.75, 3.05) is 13.2 Å². The third-order valence-electron chi connectivity index (χ3n) is 15.8. The normalized spacial score (nSPS) is 12.3. The van der Waals surface area contributed by atoms with Gasteiger partial charge < -0.3 is 14.2 Å². The van der Waals surface area contributed by atoms with Crippen molar-refractivity contribution in [2.45, 2.75) is 386 Å². The zero-order valence-corrected chi connectivity index (χ0v) is 53.2. The van der Waals surface area contributed by atoms with E-state index in [9.17, 15) is 14.4 Å². The summed E-state index contributed by atoms with van der Waals surface area (Å²) in [4.78, 5) is 38.3. The van der Waals surface area contributed by atoms with Crippen molar-refractivity contribution in [3.8, 4) is 0 Å². The van der Waals surface area contributed by atoms with Crippen LogP contribution in [0.2, 0.25) is 0 Å². The zero-order valence-electron chi connectivity index (χ0n) is 53.2. The van der Waals surface area contributed by atoms with E-state index in [0.717, 1.165) is 103 Å². The molecule has 0 aromatic rings. The van der Waals surface area contributed by atoms with Gasteiger partial charge in [0.15, 0.2) is 6.10 Å². The number of rotatable bonds is 65. The standard InChI is InChI=1S/C73H134O6/c1-4-7-10-13-16-19-22-25-28-29-30-31-32-33-34-35-36-37-38-39-40-41-42-43-46-48-51-54-57-60-63-66-72(75)78-69-70(79-73(76)67-64-61-58-55-52-49-45-27-24-21-18-15-12-9-6-3)68-77-71(74)65-62-59-56-53-50-47-44-26-23-20-17-14-11-8-5-2/h9,12,18,21,26-27,44-45,70H,4-8,10-11,13-17,19-20,22-25,28-43,46-69H2,1-3H3/b12-9-,21-18-,44-26-,45-27-. The van der Waals surface area contributed by atoms with Crippen molar-refractivity contribution < 1.29 is 28.6 Å². The van der Waals surface area contributed by atoms with Crippen molar-refractivity contribution in [1.82, 2.24) is 0 Å². The largest absolute Gasteiger partial charge is 0.462 e. The highest BCUT2D eigenvalue weighted by molar-refractivity contribution is 5.71. The summed E-state index contributed by atoms with van der Waals surface area (Å²) >= 11 is 0. The quantitative estimate of drug-likeness (QED) is 0.0261. The second kappa shape index (κ2) is 67.9. The number of esters is 3. The number of ether oxygens (including phenoxy) is 3. The van der Waals surface area contributed by atoms with E-state index in [2.05, 4.69) is 69.4 Å². The average molecular weight is 1110 g/mol. The summed E-state index contributed by atoms with van der Waals surface area (Å²) in [6.45, 7) is 6.56. The molecule has 0 aromatic carbocycles. The number of hydrogen-bond donors (Lipinski definition) is 0. The fourth-order valence-electron chi connectivity index (χ4n) is 10.6. The summed E-state index contributed by atoms with van der Waals surface area (Å²) in [5.41, 5.74) is 0. The van der Waals surface area contributed by atoms with Crippen LogP contribution in [0.15, 0.2) is 48.6 Å². The van der Waals surface area contributed by atoms with Gasteiger partial charge in [-0.1, -0.05) is 333 Å². The molecule has 79 heavy (non-hydrogen) atoms. The number of allylic oxidation sites excluding steroid dienone is 8. The summed E-state index contributed by atoms with van der Waals surface area (Å²) in [5.74, 6) is -0.883. The summed E-state index contributed by atoms with van der Waals surface area (Å²) in [7, 11) is 0. The first-order valence-electron chi connectivity index (χ1n) is 35.1. The van der Waals surface area contributed by atoms with Crippen LogP contribution >= 0.6 is 0 Å². The summed E-state index contributed by atoms with van der Waals surface area (Å²) in [6, 6.07) is 0. The van der Waals surface area contributed by atoms with E-state index in [-0.39, 0.29) is 31.1 Å². The van der Waals surface area contributed by atoms with Crippen LogP contribution in [0, 0.1) is 0 Å². The molecule has 0 rings (SSSR count). The minimum Gasteiger partial charge on any atom is -0.462 e. The van der Waals surface area contributed by atoms with E-state index in [1.807, 2.05) is 0 Å². The molecule has 1 atom stereocenters. The highest BCUT2D eigenvalue weighted by Crippen LogP contribution is 2.18. The van der Waals surface area contributed by atoms with Gasteiger partial charge in [0.1, 0.15) is 13.2 Å². The molecule has 0 saturated carbocycles. The first-order chi connectivity index (χ1) is 39.0. The fraction of sp³-hybridized carbons (Fsp3) is 0.849. The Kier molecular flexibility index (Phi) is 65.6. The molecule has 0 aromatic heterocycles.